The van der Waals surface area contributed by atoms with Gasteiger partial charge >= 0.3 is 6.61 Å². The summed E-state index contributed by atoms with van der Waals surface area (Å²) in [4.78, 5) is 41.5. The van der Waals surface area contributed by atoms with Gasteiger partial charge in [0.2, 0.25) is 5.91 Å². The van der Waals surface area contributed by atoms with Gasteiger partial charge in [-0.05, 0) is 37.4 Å². The predicted octanol–water partition coefficient (Wildman–Crippen LogP) is 3.45. The van der Waals surface area contributed by atoms with Gasteiger partial charge in [-0.25, -0.2) is 0 Å². The molecule has 1 aromatic carbocycles. The molecule has 1 atom stereocenters. The molecule has 2 aromatic rings. The number of morpholine rings is 1. The number of hydrogen-bond acceptors (Lipinski definition) is 7. The number of rotatable bonds is 11. The van der Waals surface area contributed by atoms with Gasteiger partial charge in [0.05, 0.1) is 21.5 Å². The monoisotopic (exact) mass is 544 g/mol. The molecule has 2 N–H and O–H groups in total. The fraction of sp³-hybridized carbons (Fsp3) is 0.435. The first-order valence-electron chi connectivity index (χ1n) is 11.3. The van der Waals surface area contributed by atoms with E-state index < -0.39 is 18.6 Å². The highest BCUT2D eigenvalue weighted by Gasteiger charge is 2.27. The van der Waals surface area contributed by atoms with Crippen LogP contribution in [0.2, 0.25) is 4.34 Å². The largest absolute Gasteiger partial charge is 0.433 e. The van der Waals surface area contributed by atoms with Crippen LogP contribution in [-0.4, -0.2) is 74.7 Å². The summed E-state index contributed by atoms with van der Waals surface area (Å²) in [6.07, 6.45) is 0. The molecule has 1 saturated heterocycles. The number of amides is 3. The minimum atomic E-state index is -3.15. The number of hydrogen-bond donors (Lipinski definition) is 2. The van der Waals surface area contributed by atoms with E-state index in [9.17, 15) is 23.2 Å². The molecule has 1 aromatic heterocycles. The van der Waals surface area contributed by atoms with Gasteiger partial charge in [0, 0.05) is 24.8 Å². The molecule has 0 aliphatic carbocycles. The summed E-state index contributed by atoms with van der Waals surface area (Å²) in [5, 5.41) is 5.37. The Labute approximate surface area is 216 Å². The van der Waals surface area contributed by atoms with Crippen molar-refractivity contribution < 1.29 is 32.6 Å². The second-order valence-corrected chi connectivity index (χ2v) is 9.41. The maximum atomic E-state index is 13.3. The number of benzene rings is 1. The van der Waals surface area contributed by atoms with Crippen molar-refractivity contribution in [3.8, 4) is 5.75 Å². The number of nitrogens with one attached hydrogen (secondary N) is 2. The summed E-state index contributed by atoms with van der Waals surface area (Å²) >= 11 is 7.01. The van der Waals surface area contributed by atoms with Crippen molar-refractivity contribution in [3.05, 3.63) is 39.5 Å². The van der Waals surface area contributed by atoms with E-state index in [-0.39, 0.29) is 42.9 Å². The Hall–Kier alpha value is -2.80. The van der Waals surface area contributed by atoms with Crippen LogP contribution in [0.15, 0.2) is 30.3 Å². The molecule has 3 amide bonds. The Balaban J connectivity index is 1.80. The highest BCUT2D eigenvalue weighted by molar-refractivity contribution is 7.18. The molecule has 0 radical (unpaired) electrons. The van der Waals surface area contributed by atoms with Crippen LogP contribution in [0.1, 0.15) is 23.5 Å². The zero-order valence-electron chi connectivity index (χ0n) is 19.8. The van der Waals surface area contributed by atoms with E-state index >= 15 is 0 Å². The van der Waals surface area contributed by atoms with Crippen LogP contribution in [0.5, 0.6) is 5.75 Å². The van der Waals surface area contributed by atoms with Gasteiger partial charge in [-0.3, -0.25) is 19.3 Å². The molecule has 9 nitrogen and oxygen atoms in total. The lowest BCUT2D eigenvalue weighted by Crippen LogP contribution is -2.50. The van der Waals surface area contributed by atoms with Crippen molar-refractivity contribution in [2.45, 2.75) is 26.5 Å². The molecule has 3 rings (SSSR count). The van der Waals surface area contributed by atoms with Gasteiger partial charge in [-0.2, -0.15) is 8.78 Å². The lowest BCUT2D eigenvalue weighted by Gasteiger charge is -2.29. The van der Waals surface area contributed by atoms with E-state index in [1.807, 2.05) is 18.7 Å². The van der Waals surface area contributed by atoms with Crippen LogP contribution >= 0.6 is 22.9 Å². The van der Waals surface area contributed by atoms with Crippen LogP contribution in [0.3, 0.4) is 0 Å². The summed E-state index contributed by atoms with van der Waals surface area (Å²) in [6.45, 7) is 2.04. The second-order valence-electron chi connectivity index (χ2n) is 7.70. The van der Waals surface area contributed by atoms with Crippen LogP contribution in [0.25, 0.3) is 0 Å². The zero-order valence-corrected chi connectivity index (χ0v) is 21.3. The van der Waals surface area contributed by atoms with E-state index in [1.165, 1.54) is 23.1 Å². The lowest BCUT2D eigenvalue weighted by atomic mass is 10.2. The quantitative estimate of drug-likeness (QED) is 0.449. The van der Waals surface area contributed by atoms with Crippen molar-refractivity contribution in [1.29, 1.82) is 0 Å². The molecule has 0 saturated carbocycles. The number of ether oxygens (including phenoxy) is 2. The fourth-order valence-electron chi connectivity index (χ4n) is 3.75. The van der Waals surface area contributed by atoms with Crippen molar-refractivity contribution in [1.82, 2.24) is 10.2 Å². The summed E-state index contributed by atoms with van der Waals surface area (Å²) < 4.78 is 36.5. The normalized spacial score (nSPS) is 14.8. The molecule has 196 valence electrons. The van der Waals surface area contributed by atoms with Gasteiger partial charge in [-0.1, -0.05) is 25.4 Å². The fourth-order valence-corrected chi connectivity index (χ4v) is 4.71. The zero-order chi connectivity index (χ0) is 26.2. The first kappa shape index (κ1) is 27.8. The van der Waals surface area contributed by atoms with Gasteiger partial charge in [-0.15, -0.1) is 11.3 Å². The predicted molar refractivity (Wildman–Crippen MR) is 133 cm³/mol. The molecular formula is C23H27ClF2N4O5S. The first-order valence-corrected chi connectivity index (χ1v) is 12.5. The molecule has 13 heteroatoms. The molecule has 0 bridgehead atoms. The van der Waals surface area contributed by atoms with Gasteiger partial charge < -0.3 is 25.0 Å². The number of likely N-dealkylation sites (N-methyl/N-ethyl adjacent to an activating group) is 1. The lowest BCUT2D eigenvalue weighted by molar-refractivity contribution is -0.125. The Morgan fingerprint density at radius 2 is 2.00 bits per heavy atom. The number of anilines is 2. The summed E-state index contributed by atoms with van der Waals surface area (Å²) in [5.41, 5.74) is 0.359. The van der Waals surface area contributed by atoms with Crippen molar-refractivity contribution in [2.75, 3.05) is 49.6 Å². The van der Waals surface area contributed by atoms with Gasteiger partial charge in [0.1, 0.15) is 12.6 Å². The number of nitrogens with zero attached hydrogens (tertiary/aromatic N) is 2. The SMILES string of the molecule is CCN(CC)[C@@H](CNC(=O)c1ccc(Cl)s1)C(=O)Nc1ccc(N2CCOCC2=O)cc1OC(F)F. The maximum absolute atomic E-state index is 13.3. The molecule has 2 heterocycles. The van der Waals surface area contributed by atoms with Crippen LogP contribution < -0.4 is 20.3 Å². The van der Waals surface area contributed by atoms with Gasteiger partial charge in [0.25, 0.3) is 11.8 Å². The summed E-state index contributed by atoms with van der Waals surface area (Å²) in [7, 11) is 0. The average Bonchev–Trinajstić information content (AvgIpc) is 3.29. The summed E-state index contributed by atoms with van der Waals surface area (Å²) in [6, 6.07) is 6.61. The highest BCUT2D eigenvalue weighted by atomic mass is 35.5. The Kier molecular flexibility index (Phi) is 9.99. The number of carbonyl (C=O) groups is 3. The van der Waals surface area contributed by atoms with Crippen molar-refractivity contribution >= 4 is 52.0 Å². The number of halogens is 3. The third-order valence-electron chi connectivity index (χ3n) is 5.55. The topological polar surface area (TPSA) is 100 Å². The van der Waals surface area contributed by atoms with Gasteiger partial charge in [0.15, 0.2) is 5.75 Å². The first-order chi connectivity index (χ1) is 17.2. The minimum absolute atomic E-state index is 0.0123. The van der Waals surface area contributed by atoms with Crippen LogP contribution in [-0.2, 0) is 14.3 Å². The van der Waals surface area contributed by atoms with Crippen molar-refractivity contribution in [2.24, 2.45) is 0 Å². The van der Waals surface area contributed by atoms with E-state index in [2.05, 4.69) is 15.4 Å². The smallest absolute Gasteiger partial charge is 0.387 e. The maximum Gasteiger partial charge on any atom is 0.387 e. The molecule has 1 fully saturated rings. The molecule has 0 unspecified atom stereocenters. The third kappa shape index (κ3) is 7.12. The molecule has 1 aliphatic rings. The van der Waals surface area contributed by atoms with E-state index in [0.717, 1.165) is 11.3 Å². The molecular weight excluding hydrogens is 518 g/mol. The third-order valence-corrected chi connectivity index (χ3v) is 6.78. The molecule has 0 spiro atoms. The Morgan fingerprint density at radius 3 is 2.61 bits per heavy atom. The highest BCUT2D eigenvalue weighted by Crippen LogP contribution is 2.32. The average molecular weight is 545 g/mol. The Bertz CT molecular complexity index is 1080. The minimum Gasteiger partial charge on any atom is -0.433 e. The van der Waals surface area contributed by atoms with Crippen molar-refractivity contribution in [3.63, 3.8) is 0 Å². The number of carbonyl (C=O) groups excluding carboxylic acids is 3. The number of alkyl halides is 2. The van der Waals surface area contributed by atoms with Crippen LogP contribution in [0, 0.1) is 0 Å². The van der Waals surface area contributed by atoms with Crippen LogP contribution in [0.4, 0.5) is 20.2 Å². The van der Waals surface area contributed by atoms with E-state index in [1.54, 1.807) is 12.1 Å². The van der Waals surface area contributed by atoms with E-state index in [0.29, 0.717) is 34.6 Å². The second kappa shape index (κ2) is 12.9. The van der Waals surface area contributed by atoms with E-state index in [4.69, 9.17) is 16.3 Å². The Morgan fingerprint density at radius 1 is 1.25 bits per heavy atom. The molecule has 36 heavy (non-hydrogen) atoms. The summed E-state index contributed by atoms with van der Waals surface area (Å²) in [5.74, 6) is -1.49. The molecule has 1 aliphatic heterocycles. The standard InChI is InChI=1S/C23H27ClF2N4O5S/c1-3-29(4-2)16(12-27-22(33)18-7-8-19(24)36-18)21(32)28-15-6-5-14(11-17(15)35-23(25)26)30-9-10-34-13-20(30)31/h5-8,11,16,23H,3-4,9-10,12-13H2,1-2H3,(H,27,33)(H,28,32)/t16-/m0/s1. The number of thiophene rings is 1.